The van der Waals surface area contributed by atoms with Crippen molar-refractivity contribution in [3.63, 3.8) is 0 Å². The molecular formula is C12H17N3O2. The smallest absolute Gasteiger partial charge is 0.241 e. The van der Waals surface area contributed by atoms with Gasteiger partial charge in [-0.25, -0.2) is 0 Å². The summed E-state index contributed by atoms with van der Waals surface area (Å²) in [4.78, 5) is 24.2. The number of anilines is 2. The number of amides is 1. The second-order valence-electron chi connectivity index (χ2n) is 4.00. The molecule has 0 atom stereocenters. The molecule has 0 saturated heterocycles. The van der Waals surface area contributed by atoms with Gasteiger partial charge in [-0.15, -0.1) is 0 Å². The van der Waals surface area contributed by atoms with Crippen LogP contribution in [0, 0.1) is 0 Å². The average Bonchev–Trinajstić information content (AvgIpc) is 2.26. The standard InChI is InChI=1S/C12H17N3O2/c1-8(16)10-6-9(4-5-11(10)13)14-7-12(17)15(2)3/h4-6,14H,7,13H2,1-3H3. The fourth-order valence-corrected chi connectivity index (χ4v) is 1.31. The van der Waals surface area contributed by atoms with Gasteiger partial charge in [-0.05, 0) is 25.1 Å². The van der Waals surface area contributed by atoms with Crippen molar-refractivity contribution in [3.8, 4) is 0 Å². The molecular weight excluding hydrogens is 218 g/mol. The van der Waals surface area contributed by atoms with Gasteiger partial charge in [0.2, 0.25) is 5.91 Å². The molecule has 0 unspecified atom stereocenters. The van der Waals surface area contributed by atoms with Crippen LogP contribution in [-0.4, -0.2) is 37.2 Å². The summed E-state index contributed by atoms with van der Waals surface area (Å²) in [6.07, 6.45) is 0. The number of likely N-dealkylation sites (N-methyl/N-ethyl adjacent to an activating group) is 1. The maximum absolute atomic E-state index is 11.4. The van der Waals surface area contributed by atoms with Crippen molar-refractivity contribution in [2.45, 2.75) is 6.92 Å². The zero-order valence-corrected chi connectivity index (χ0v) is 10.3. The largest absolute Gasteiger partial charge is 0.398 e. The third-order valence-electron chi connectivity index (χ3n) is 2.38. The predicted octanol–water partition coefficient (Wildman–Crippen LogP) is 0.971. The second-order valence-corrected chi connectivity index (χ2v) is 4.00. The number of rotatable bonds is 4. The topological polar surface area (TPSA) is 75.4 Å². The van der Waals surface area contributed by atoms with Crippen LogP contribution in [0.1, 0.15) is 17.3 Å². The van der Waals surface area contributed by atoms with Crippen LogP contribution in [0.4, 0.5) is 11.4 Å². The SMILES string of the molecule is CC(=O)c1cc(NCC(=O)N(C)C)ccc1N. The molecule has 0 aliphatic heterocycles. The highest BCUT2D eigenvalue weighted by atomic mass is 16.2. The van der Waals surface area contributed by atoms with Crippen molar-refractivity contribution in [2.75, 3.05) is 31.7 Å². The van der Waals surface area contributed by atoms with Crippen LogP contribution >= 0.6 is 0 Å². The summed E-state index contributed by atoms with van der Waals surface area (Å²) in [5.41, 5.74) is 7.29. The normalized spacial score (nSPS) is 9.82. The van der Waals surface area contributed by atoms with Gasteiger partial charge in [0.15, 0.2) is 5.78 Å². The van der Waals surface area contributed by atoms with E-state index in [9.17, 15) is 9.59 Å². The summed E-state index contributed by atoms with van der Waals surface area (Å²) in [6, 6.07) is 5.05. The van der Waals surface area contributed by atoms with E-state index in [1.807, 2.05) is 0 Å². The van der Waals surface area contributed by atoms with E-state index in [1.54, 1.807) is 32.3 Å². The van der Waals surface area contributed by atoms with E-state index < -0.39 is 0 Å². The summed E-state index contributed by atoms with van der Waals surface area (Å²) in [7, 11) is 3.38. The fraction of sp³-hybridized carbons (Fsp3) is 0.333. The van der Waals surface area contributed by atoms with Crippen LogP contribution in [0.25, 0.3) is 0 Å². The summed E-state index contributed by atoms with van der Waals surface area (Å²) < 4.78 is 0. The summed E-state index contributed by atoms with van der Waals surface area (Å²) in [5.74, 6) is -0.128. The predicted molar refractivity (Wildman–Crippen MR) is 68.0 cm³/mol. The molecule has 5 nitrogen and oxygen atoms in total. The number of hydrogen-bond acceptors (Lipinski definition) is 4. The molecule has 0 heterocycles. The first-order valence-corrected chi connectivity index (χ1v) is 5.26. The van der Waals surface area contributed by atoms with E-state index in [0.29, 0.717) is 16.9 Å². The van der Waals surface area contributed by atoms with E-state index in [4.69, 9.17) is 5.73 Å². The quantitative estimate of drug-likeness (QED) is 0.602. The Hall–Kier alpha value is -2.04. The van der Waals surface area contributed by atoms with E-state index in [0.717, 1.165) is 0 Å². The van der Waals surface area contributed by atoms with Gasteiger partial charge in [0, 0.05) is 31.0 Å². The van der Waals surface area contributed by atoms with Crippen molar-refractivity contribution in [1.29, 1.82) is 0 Å². The van der Waals surface area contributed by atoms with Crippen molar-refractivity contribution >= 4 is 23.1 Å². The Bertz CT molecular complexity index is 441. The zero-order valence-electron chi connectivity index (χ0n) is 10.3. The number of Topliss-reactive ketones (excluding diaryl/α,β-unsaturated/α-hetero) is 1. The molecule has 0 saturated carbocycles. The Kier molecular flexibility index (Phi) is 4.09. The van der Waals surface area contributed by atoms with Crippen LogP contribution in [0.2, 0.25) is 0 Å². The lowest BCUT2D eigenvalue weighted by Gasteiger charge is -2.12. The first-order valence-electron chi connectivity index (χ1n) is 5.26. The van der Waals surface area contributed by atoms with E-state index in [-0.39, 0.29) is 18.2 Å². The number of carbonyl (C=O) groups is 2. The maximum atomic E-state index is 11.4. The summed E-state index contributed by atoms with van der Waals surface area (Å²) in [6.45, 7) is 1.65. The van der Waals surface area contributed by atoms with Crippen molar-refractivity contribution < 1.29 is 9.59 Å². The molecule has 0 spiro atoms. The highest BCUT2D eigenvalue weighted by molar-refractivity contribution is 6.00. The zero-order chi connectivity index (χ0) is 13.0. The second kappa shape index (κ2) is 5.34. The molecule has 0 aliphatic carbocycles. The molecule has 0 fully saturated rings. The number of carbonyl (C=O) groups excluding carboxylic acids is 2. The Morgan fingerprint density at radius 1 is 1.35 bits per heavy atom. The fourth-order valence-electron chi connectivity index (χ4n) is 1.31. The molecule has 0 bridgehead atoms. The number of nitrogen functional groups attached to an aromatic ring is 1. The number of nitrogens with two attached hydrogens (primary N) is 1. The van der Waals surface area contributed by atoms with Gasteiger partial charge in [-0.3, -0.25) is 9.59 Å². The molecule has 0 aliphatic rings. The number of ketones is 1. The van der Waals surface area contributed by atoms with Gasteiger partial charge in [-0.1, -0.05) is 0 Å². The van der Waals surface area contributed by atoms with Crippen LogP contribution in [0.5, 0.6) is 0 Å². The van der Waals surface area contributed by atoms with Gasteiger partial charge in [0.1, 0.15) is 0 Å². The number of hydrogen-bond donors (Lipinski definition) is 2. The lowest BCUT2D eigenvalue weighted by atomic mass is 10.1. The van der Waals surface area contributed by atoms with Crippen molar-refractivity contribution in [3.05, 3.63) is 23.8 Å². The van der Waals surface area contributed by atoms with E-state index in [2.05, 4.69) is 5.32 Å². The molecule has 0 aromatic heterocycles. The van der Waals surface area contributed by atoms with Crippen LogP contribution in [0.3, 0.4) is 0 Å². The van der Waals surface area contributed by atoms with Crippen LogP contribution in [-0.2, 0) is 4.79 Å². The number of nitrogens with one attached hydrogen (secondary N) is 1. The maximum Gasteiger partial charge on any atom is 0.241 e. The lowest BCUT2D eigenvalue weighted by molar-refractivity contribution is -0.126. The molecule has 5 heteroatoms. The van der Waals surface area contributed by atoms with E-state index >= 15 is 0 Å². The summed E-state index contributed by atoms with van der Waals surface area (Å²) in [5, 5.41) is 2.95. The van der Waals surface area contributed by atoms with Crippen molar-refractivity contribution in [2.24, 2.45) is 0 Å². The molecule has 1 aromatic carbocycles. The first kappa shape index (κ1) is 13.0. The van der Waals surface area contributed by atoms with Gasteiger partial charge in [-0.2, -0.15) is 0 Å². The summed E-state index contributed by atoms with van der Waals surface area (Å²) >= 11 is 0. The number of benzene rings is 1. The Morgan fingerprint density at radius 2 is 2.00 bits per heavy atom. The minimum absolute atomic E-state index is 0.0359. The third kappa shape index (κ3) is 3.48. The third-order valence-corrected chi connectivity index (χ3v) is 2.38. The minimum Gasteiger partial charge on any atom is -0.398 e. The minimum atomic E-state index is -0.0925. The molecule has 1 amide bonds. The van der Waals surface area contributed by atoms with Gasteiger partial charge >= 0.3 is 0 Å². The molecule has 1 aromatic rings. The Morgan fingerprint density at radius 3 is 2.53 bits per heavy atom. The molecule has 17 heavy (non-hydrogen) atoms. The number of nitrogens with zero attached hydrogens (tertiary/aromatic N) is 1. The Balaban J connectivity index is 2.76. The highest BCUT2D eigenvalue weighted by Gasteiger charge is 2.07. The molecule has 92 valence electrons. The highest BCUT2D eigenvalue weighted by Crippen LogP contribution is 2.18. The monoisotopic (exact) mass is 235 g/mol. The molecule has 3 N–H and O–H groups in total. The van der Waals surface area contributed by atoms with E-state index in [1.165, 1.54) is 11.8 Å². The van der Waals surface area contributed by atoms with Gasteiger partial charge in [0.25, 0.3) is 0 Å². The van der Waals surface area contributed by atoms with Crippen molar-refractivity contribution in [1.82, 2.24) is 4.90 Å². The Labute approximate surface area is 101 Å². The molecule has 0 radical (unpaired) electrons. The van der Waals surface area contributed by atoms with Crippen LogP contribution in [0.15, 0.2) is 18.2 Å². The van der Waals surface area contributed by atoms with Gasteiger partial charge in [0.05, 0.1) is 6.54 Å². The lowest BCUT2D eigenvalue weighted by Crippen LogP contribution is -2.28. The first-order chi connectivity index (χ1) is 7.91. The van der Waals surface area contributed by atoms with Crippen LogP contribution < -0.4 is 11.1 Å². The molecule has 1 rings (SSSR count). The average molecular weight is 235 g/mol. The van der Waals surface area contributed by atoms with Gasteiger partial charge < -0.3 is 16.0 Å².